The van der Waals surface area contributed by atoms with Gasteiger partial charge in [0.15, 0.2) is 0 Å². The lowest BCUT2D eigenvalue weighted by atomic mass is 9.36. The zero-order chi connectivity index (χ0) is 36.2. The zero-order valence-electron chi connectivity index (χ0n) is 30.4. The highest BCUT2D eigenvalue weighted by molar-refractivity contribution is 7.03. The number of para-hydroxylation sites is 2. The second-order valence-electron chi connectivity index (χ2n) is 15.9. The van der Waals surface area contributed by atoms with Gasteiger partial charge in [0.05, 0.1) is 0 Å². The van der Waals surface area contributed by atoms with Crippen LogP contribution in [0.2, 0.25) is 0 Å². The van der Waals surface area contributed by atoms with Crippen LogP contribution >= 0.6 is 0 Å². The number of fused-ring (bicyclic) bond motifs is 12. The molecule has 0 amide bonds. The van der Waals surface area contributed by atoms with E-state index in [1.807, 2.05) is 0 Å². The van der Waals surface area contributed by atoms with Gasteiger partial charge in [-0.2, -0.15) is 0 Å². The Kier molecular flexibility index (Phi) is 5.44. The maximum atomic E-state index is 2.56. The van der Waals surface area contributed by atoms with Crippen LogP contribution in [0.3, 0.4) is 0 Å². The van der Waals surface area contributed by atoms with Crippen LogP contribution in [0.15, 0.2) is 182 Å². The molecule has 0 saturated carbocycles. The molecule has 0 saturated heterocycles. The van der Waals surface area contributed by atoms with E-state index in [0.717, 1.165) is 0 Å². The maximum absolute atomic E-state index is 2.56. The minimum Gasteiger partial charge on any atom is -0.311 e. The molecule has 0 atom stereocenters. The van der Waals surface area contributed by atoms with E-state index in [1.165, 1.54) is 121 Å². The summed E-state index contributed by atoms with van der Waals surface area (Å²) in [6, 6.07) is 68.7. The summed E-state index contributed by atoms with van der Waals surface area (Å²) in [7, 11) is 0. The average molecular weight is 704 g/mol. The molecule has 0 bridgehead atoms. The Balaban J connectivity index is 1.12. The third kappa shape index (κ3) is 3.48. The van der Waals surface area contributed by atoms with E-state index in [1.54, 1.807) is 0 Å². The second-order valence-corrected chi connectivity index (χ2v) is 15.9. The summed E-state index contributed by atoms with van der Waals surface area (Å²) in [5.41, 5.74) is 21.3. The molecule has 0 N–H and O–H groups in total. The molecule has 4 aliphatic rings. The standard InChI is InChI=1S/C52H30B2N2/c1-3-13-33(14-4-1)55-44-23-11-20-38-36-18-8-10-22-42(36)54(50(38)44)51-39-27-25-31-29-43-52(40-28-26-32(30-46(51)55)47(39)48(31)40)56(34-15-5-2-6-16-34)45-24-12-19-37-35-17-7-9-21-41(35)53(43)49(37)45/h1-30H. The minimum absolute atomic E-state index is 0.145. The number of hydrogen-bond acceptors (Lipinski definition) is 2. The van der Waals surface area contributed by atoms with Gasteiger partial charge >= 0.3 is 0 Å². The largest absolute Gasteiger partial charge is 0.311 e. The molecule has 0 aliphatic carbocycles. The van der Waals surface area contributed by atoms with Gasteiger partial charge in [0.25, 0.3) is 0 Å². The monoisotopic (exact) mass is 704 g/mol. The molecule has 14 rings (SSSR count). The molecule has 0 aromatic heterocycles. The zero-order valence-corrected chi connectivity index (χ0v) is 30.4. The fourth-order valence-corrected chi connectivity index (χ4v) is 11.4. The van der Waals surface area contributed by atoms with Gasteiger partial charge in [-0.1, -0.05) is 150 Å². The van der Waals surface area contributed by atoms with Crippen molar-refractivity contribution < 1.29 is 0 Å². The normalized spacial score (nSPS) is 13.9. The molecular weight excluding hydrogens is 674 g/mol. The molecule has 254 valence electrons. The Morgan fingerprint density at radius 3 is 1.54 bits per heavy atom. The lowest BCUT2D eigenvalue weighted by Gasteiger charge is -2.38. The Morgan fingerprint density at radius 1 is 0.321 bits per heavy atom. The molecule has 10 aromatic carbocycles. The predicted molar refractivity (Wildman–Crippen MR) is 240 cm³/mol. The summed E-state index contributed by atoms with van der Waals surface area (Å²) in [6.07, 6.45) is 0. The van der Waals surface area contributed by atoms with Gasteiger partial charge < -0.3 is 9.80 Å². The summed E-state index contributed by atoms with van der Waals surface area (Å²) in [5, 5.41) is 7.95. The van der Waals surface area contributed by atoms with Crippen molar-refractivity contribution in [3.05, 3.63) is 182 Å². The van der Waals surface area contributed by atoms with Gasteiger partial charge in [-0.25, -0.2) is 0 Å². The fourth-order valence-electron chi connectivity index (χ4n) is 11.4. The fraction of sp³-hybridized carbons (Fsp3) is 0. The molecule has 4 aliphatic heterocycles. The van der Waals surface area contributed by atoms with Crippen LogP contribution in [0.5, 0.6) is 0 Å². The summed E-state index contributed by atoms with van der Waals surface area (Å²) >= 11 is 0. The van der Waals surface area contributed by atoms with E-state index in [4.69, 9.17) is 0 Å². The van der Waals surface area contributed by atoms with Crippen molar-refractivity contribution in [3.63, 3.8) is 0 Å². The molecule has 56 heavy (non-hydrogen) atoms. The number of benzene rings is 10. The van der Waals surface area contributed by atoms with Crippen LogP contribution in [0, 0.1) is 0 Å². The van der Waals surface area contributed by atoms with Crippen LogP contribution in [-0.2, 0) is 0 Å². The van der Waals surface area contributed by atoms with Gasteiger partial charge in [-0.15, -0.1) is 0 Å². The number of nitrogens with zero attached hydrogens (tertiary/aromatic N) is 2. The quantitative estimate of drug-likeness (QED) is 0.131. The van der Waals surface area contributed by atoms with E-state index in [-0.39, 0.29) is 13.4 Å². The van der Waals surface area contributed by atoms with Crippen LogP contribution in [-0.4, -0.2) is 13.4 Å². The first-order valence-electron chi connectivity index (χ1n) is 19.8. The number of rotatable bonds is 2. The maximum Gasteiger partial charge on any atom is 0.249 e. The van der Waals surface area contributed by atoms with E-state index < -0.39 is 0 Å². The highest BCUT2D eigenvalue weighted by atomic mass is 15.2. The third-order valence-electron chi connectivity index (χ3n) is 13.4. The minimum atomic E-state index is 0.145. The van der Waals surface area contributed by atoms with E-state index in [0.29, 0.717) is 0 Å². The SMILES string of the molecule is c1ccc(N2c3cccc4c3B(c3ccccc3-4)c3c2cc2ccc4c5c(cc6ccc3c2c64)B2c3ccccc3-c3cccc(c32)N5c2ccccc2)cc1. The van der Waals surface area contributed by atoms with Crippen molar-refractivity contribution in [1.82, 2.24) is 0 Å². The molecule has 4 heterocycles. The molecule has 0 fully saturated rings. The first kappa shape index (κ1) is 29.3. The van der Waals surface area contributed by atoms with Crippen LogP contribution in [0.1, 0.15) is 0 Å². The number of hydrogen-bond donors (Lipinski definition) is 0. The van der Waals surface area contributed by atoms with Crippen LogP contribution in [0.25, 0.3) is 54.6 Å². The molecule has 0 unspecified atom stereocenters. The van der Waals surface area contributed by atoms with Crippen molar-refractivity contribution in [2.45, 2.75) is 0 Å². The van der Waals surface area contributed by atoms with Gasteiger partial charge in [0, 0.05) is 39.5 Å². The molecule has 0 spiro atoms. The van der Waals surface area contributed by atoms with E-state index in [9.17, 15) is 0 Å². The second kappa shape index (κ2) is 10.4. The Bertz CT molecular complexity index is 3270. The third-order valence-corrected chi connectivity index (χ3v) is 13.4. The number of anilines is 6. The summed E-state index contributed by atoms with van der Waals surface area (Å²) in [4.78, 5) is 5.08. The Labute approximate surface area is 325 Å². The molecule has 0 radical (unpaired) electrons. The Morgan fingerprint density at radius 2 is 0.839 bits per heavy atom. The molecule has 2 nitrogen and oxygen atoms in total. The lowest BCUT2D eigenvalue weighted by molar-refractivity contribution is 1.30. The van der Waals surface area contributed by atoms with E-state index >= 15 is 0 Å². The summed E-state index contributed by atoms with van der Waals surface area (Å²) < 4.78 is 0. The summed E-state index contributed by atoms with van der Waals surface area (Å²) in [6.45, 7) is 0.318. The van der Waals surface area contributed by atoms with Crippen molar-refractivity contribution in [2.24, 2.45) is 0 Å². The van der Waals surface area contributed by atoms with Crippen molar-refractivity contribution in [2.75, 3.05) is 9.80 Å². The molecule has 4 heteroatoms. The summed E-state index contributed by atoms with van der Waals surface area (Å²) in [5.74, 6) is 0. The van der Waals surface area contributed by atoms with Gasteiger partial charge in [-0.3, -0.25) is 0 Å². The Hall–Kier alpha value is -7.03. The average Bonchev–Trinajstić information content (AvgIpc) is 3.78. The first-order chi connectivity index (χ1) is 27.8. The van der Waals surface area contributed by atoms with Crippen LogP contribution < -0.4 is 42.6 Å². The van der Waals surface area contributed by atoms with Gasteiger partial charge in [-0.05, 0) is 114 Å². The van der Waals surface area contributed by atoms with Crippen molar-refractivity contribution >= 4 is 113 Å². The highest BCUT2D eigenvalue weighted by Crippen LogP contribution is 2.49. The van der Waals surface area contributed by atoms with Crippen molar-refractivity contribution in [3.8, 4) is 22.3 Å². The van der Waals surface area contributed by atoms with Gasteiger partial charge in [0.2, 0.25) is 13.4 Å². The predicted octanol–water partition coefficient (Wildman–Crippen LogP) is 9.14. The molecular formula is C52H30B2N2. The van der Waals surface area contributed by atoms with Crippen molar-refractivity contribution in [1.29, 1.82) is 0 Å². The smallest absolute Gasteiger partial charge is 0.249 e. The molecule has 10 aromatic rings. The first-order valence-corrected chi connectivity index (χ1v) is 19.8. The highest BCUT2D eigenvalue weighted by Gasteiger charge is 2.45. The van der Waals surface area contributed by atoms with Crippen LogP contribution in [0.4, 0.5) is 34.1 Å². The van der Waals surface area contributed by atoms with E-state index in [2.05, 4.69) is 192 Å². The lowest BCUT2D eigenvalue weighted by Crippen LogP contribution is -2.55. The topological polar surface area (TPSA) is 6.48 Å². The van der Waals surface area contributed by atoms with Gasteiger partial charge in [0.1, 0.15) is 0 Å².